The maximum absolute atomic E-state index is 11.1. The molecule has 7 heteroatoms. The number of hydrogen-bond donors (Lipinski definition) is 0. The molecular formula is C16H21N3O3S. The summed E-state index contributed by atoms with van der Waals surface area (Å²) in [7, 11) is -1.60. The van der Waals surface area contributed by atoms with Gasteiger partial charge in [0.2, 0.25) is 0 Å². The Morgan fingerprint density at radius 2 is 2.00 bits per heavy atom. The zero-order chi connectivity index (χ0) is 17.0. The van der Waals surface area contributed by atoms with Crippen molar-refractivity contribution in [2.75, 3.05) is 0 Å². The maximum atomic E-state index is 11.1. The van der Waals surface area contributed by atoms with Crippen molar-refractivity contribution >= 4 is 15.9 Å². The van der Waals surface area contributed by atoms with Crippen molar-refractivity contribution in [1.29, 1.82) is 0 Å². The van der Waals surface area contributed by atoms with Gasteiger partial charge in [0.05, 0.1) is 18.5 Å². The number of aryl methyl sites for hydroxylation is 2. The fraction of sp³-hybridized carbons (Fsp3) is 0.375. The summed E-state index contributed by atoms with van der Waals surface area (Å²) in [4.78, 5) is 0.00926. The predicted octanol–water partition coefficient (Wildman–Crippen LogP) is 0.917. The summed E-state index contributed by atoms with van der Waals surface area (Å²) in [6, 6.07) is 5.99. The van der Waals surface area contributed by atoms with E-state index >= 15 is 0 Å². The lowest BCUT2D eigenvalue weighted by Gasteiger charge is -2.01. The van der Waals surface area contributed by atoms with Crippen molar-refractivity contribution in [2.45, 2.75) is 38.1 Å². The summed E-state index contributed by atoms with van der Waals surface area (Å²) in [5, 5.41) is 10.9. The molecule has 0 amide bonds. The molecule has 1 aromatic carbocycles. The summed E-state index contributed by atoms with van der Waals surface area (Å²) in [6.45, 7) is 5.53. The van der Waals surface area contributed by atoms with Crippen LogP contribution in [0.1, 0.15) is 31.2 Å². The lowest BCUT2D eigenvalue weighted by molar-refractivity contribution is -0.677. The van der Waals surface area contributed by atoms with Gasteiger partial charge in [0.1, 0.15) is 12.4 Å². The maximum Gasteiger partial charge on any atom is 0.282 e. The van der Waals surface area contributed by atoms with Gasteiger partial charge in [0.15, 0.2) is 0 Å². The van der Waals surface area contributed by atoms with E-state index in [1.54, 1.807) is 12.1 Å². The van der Waals surface area contributed by atoms with E-state index in [4.69, 9.17) is 0 Å². The number of imidazole rings is 1. The SMILES string of the molecule is CCCCn1cc[n+](C)c1C.O=S1(=O)N=C([O-])c2ccccc21. The first-order chi connectivity index (χ1) is 10.9. The molecule has 0 unspecified atom stereocenters. The summed E-state index contributed by atoms with van der Waals surface area (Å²) >= 11 is 0. The third-order valence-electron chi connectivity index (χ3n) is 3.75. The molecule has 0 bridgehead atoms. The summed E-state index contributed by atoms with van der Waals surface area (Å²) in [5.41, 5.74) is 0.164. The zero-order valence-corrected chi connectivity index (χ0v) is 14.4. The van der Waals surface area contributed by atoms with Gasteiger partial charge in [-0.2, -0.15) is 12.8 Å². The highest BCUT2D eigenvalue weighted by molar-refractivity contribution is 7.90. The van der Waals surface area contributed by atoms with Crippen LogP contribution in [0.2, 0.25) is 0 Å². The Morgan fingerprint density at radius 1 is 1.30 bits per heavy atom. The average Bonchev–Trinajstić information content (AvgIpc) is 2.96. The third-order valence-corrected chi connectivity index (χ3v) is 5.07. The molecule has 0 aliphatic carbocycles. The quantitative estimate of drug-likeness (QED) is 0.782. The van der Waals surface area contributed by atoms with Crippen LogP contribution in [0.4, 0.5) is 0 Å². The van der Waals surface area contributed by atoms with Crippen LogP contribution < -0.4 is 9.67 Å². The fourth-order valence-electron chi connectivity index (χ4n) is 2.24. The molecule has 2 aromatic rings. The average molecular weight is 335 g/mol. The fourth-order valence-corrected chi connectivity index (χ4v) is 3.34. The van der Waals surface area contributed by atoms with E-state index in [1.165, 1.54) is 30.8 Å². The van der Waals surface area contributed by atoms with Crippen LogP contribution in [-0.2, 0) is 23.6 Å². The highest BCUT2D eigenvalue weighted by Gasteiger charge is 2.22. The molecule has 0 spiro atoms. The third kappa shape index (κ3) is 3.79. The van der Waals surface area contributed by atoms with Gasteiger partial charge in [-0.15, -0.1) is 0 Å². The molecule has 1 aliphatic heterocycles. The predicted molar refractivity (Wildman–Crippen MR) is 85.4 cm³/mol. The van der Waals surface area contributed by atoms with Gasteiger partial charge in [-0.05, 0) is 12.5 Å². The minimum atomic E-state index is -3.68. The number of rotatable bonds is 3. The number of fused-ring (bicyclic) bond motifs is 1. The van der Waals surface area contributed by atoms with Gasteiger partial charge >= 0.3 is 0 Å². The van der Waals surface area contributed by atoms with E-state index in [1.807, 2.05) is 0 Å². The molecule has 23 heavy (non-hydrogen) atoms. The number of hydrogen-bond acceptors (Lipinski definition) is 3. The van der Waals surface area contributed by atoms with Gasteiger partial charge in [0, 0.05) is 18.4 Å². The molecule has 6 nitrogen and oxygen atoms in total. The number of aromatic nitrogens is 2. The summed E-state index contributed by atoms with van der Waals surface area (Å²) in [5.74, 6) is 0.657. The van der Waals surface area contributed by atoms with Crippen molar-refractivity contribution in [3.05, 3.63) is 48.0 Å². The molecule has 0 atom stereocenters. The van der Waals surface area contributed by atoms with E-state index < -0.39 is 15.9 Å². The van der Waals surface area contributed by atoms with Gasteiger partial charge in [0.25, 0.3) is 15.8 Å². The zero-order valence-electron chi connectivity index (χ0n) is 13.6. The second-order valence-corrected chi connectivity index (χ2v) is 6.94. The Bertz CT molecular complexity index is 823. The van der Waals surface area contributed by atoms with Gasteiger partial charge in [-0.1, -0.05) is 31.5 Å². The first-order valence-corrected chi connectivity index (χ1v) is 8.93. The molecule has 0 saturated carbocycles. The van der Waals surface area contributed by atoms with Crippen molar-refractivity contribution in [1.82, 2.24) is 4.57 Å². The lowest BCUT2D eigenvalue weighted by Crippen LogP contribution is -2.29. The van der Waals surface area contributed by atoms with E-state index in [9.17, 15) is 13.5 Å². The van der Waals surface area contributed by atoms with Gasteiger partial charge in [-0.25, -0.2) is 9.13 Å². The Labute approximate surface area is 136 Å². The number of benzene rings is 1. The molecule has 0 fully saturated rings. The first-order valence-electron chi connectivity index (χ1n) is 7.49. The Morgan fingerprint density at radius 3 is 2.57 bits per heavy atom. The van der Waals surface area contributed by atoms with Crippen LogP contribution in [-0.4, -0.2) is 18.9 Å². The van der Waals surface area contributed by atoms with Crippen molar-refractivity contribution in [3.8, 4) is 0 Å². The molecule has 124 valence electrons. The topological polar surface area (TPSA) is 78.4 Å². The molecule has 3 rings (SSSR count). The summed E-state index contributed by atoms with van der Waals surface area (Å²) in [6.07, 6.45) is 6.78. The van der Waals surface area contributed by atoms with Crippen LogP contribution in [0.5, 0.6) is 0 Å². The smallest absolute Gasteiger partial charge is 0.282 e. The van der Waals surface area contributed by atoms with E-state index in [0.29, 0.717) is 0 Å². The lowest BCUT2D eigenvalue weighted by atomic mass is 10.2. The largest absolute Gasteiger partial charge is 0.858 e. The standard InChI is InChI=1S/C9H17N2.C7H5NO3S/c1-4-5-6-11-8-7-10(3)9(11)2;9-7-5-3-1-2-4-6(5)12(10,11)8-7/h7-8H,4-6H2,1-3H3;1-4H,(H,8,9)/q+1;/p-1. The van der Waals surface area contributed by atoms with Crippen molar-refractivity contribution in [2.24, 2.45) is 11.4 Å². The van der Waals surface area contributed by atoms with Crippen LogP contribution in [0.3, 0.4) is 0 Å². The monoisotopic (exact) mass is 335 g/mol. The van der Waals surface area contributed by atoms with Crippen LogP contribution in [0.25, 0.3) is 0 Å². The number of unbranched alkanes of at least 4 members (excludes halogenated alkanes) is 1. The molecule has 0 radical (unpaired) electrons. The van der Waals surface area contributed by atoms with Crippen LogP contribution in [0.15, 0.2) is 46.0 Å². The summed E-state index contributed by atoms with van der Waals surface area (Å²) < 4.78 is 29.6. The minimum absolute atomic E-state index is 0.00926. The second-order valence-electron chi connectivity index (χ2n) is 5.37. The molecule has 0 saturated heterocycles. The van der Waals surface area contributed by atoms with E-state index in [-0.39, 0.29) is 10.5 Å². The highest BCUT2D eigenvalue weighted by atomic mass is 32.2. The Kier molecular flexibility index (Phi) is 5.20. The highest BCUT2D eigenvalue weighted by Crippen LogP contribution is 2.23. The van der Waals surface area contributed by atoms with Gasteiger partial charge < -0.3 is 5.11 Å². The van der Waals surface area contributed by atoms with E-state index in [0.717, 1.165) is 6.54 Å². The van der Waals surface area contributed by atoms with Gasteiger partial charge in [-0.3, -0.25) is 0 Å². The van der Waals surface area contributed by atoms with E-state index in [2.05, 4.69) is 46.8 Å². The molecule has 1 aliphatic rings. The van der Waals surface area contributed by atoms with Crippen molar-refractivity contribution < 1.29 is 18.1 Å². The normalized spacial score (nSPS) is 14.7. The number of sulfonamides is 1. The molecular weight excluding hydrogens is 314 g/mol. The Balaban J connectivity index is 0.000000168. The Hall–Kier alpha value is -2.15. The van der Waals surface area contributed by atoms with Crippen LogP contribution in [0, 0.1) is 6.92 Å². The van der Waals surface area contributed by atoms with Crippen LogP contribution >= 0.6 is 0 Å². The van der Waals surface area contributed by atoms with Crippen molar-refractivity contribution in [3.63, 3.8) is 0 Å². The minimum Gasteiger partial charge on any atom is -0.858 e. The second kappa shape index (κ2) is 6.95. The first kappa shape index (κ1) is 17.2. The molecule has 0 N–H and O–H groups in total. The number of nitrogens with zero attached hydrogens (tertiary/aromatic N) is 3. The molecule has 2 heterocycles. The molecule has 1 aromatic heterocycles.